The van der Waals surface area contributed by atoms with Crippen LogP contribution in [0, 0.1) is 6.92 Å². The van der Waals surface area contributed by atoms with E-state index in [0.717, 1.165) is 5.56 Å². The lowest BCUT2D eigenvalue weighted by molar-refractivity contribution is -0.123. The van der Waals surface area contributed by atoms with Crippen molar-refractivity contribution in [3.05, 3.63) is 28.8 Å². The minimum absolute atomic E-state index is 0.0120. The Bertz CT molecular complexity index is 501. The Morgan fingerprint density at radius 2 is 2.00 bits per heavy atom. The summed E-state index contributed by atoms with van der Waals surface area (Å²) in [6.45, 7) is 5.09. The first-order valence-corrected chi connectivity index (χ1v) is 6.21. The molecule has 0 aliphatic rings. The molecule has 1 aromatic carbocycles. The van der Waals surface area contributed by atoms with E-state index in [9.17, 15) is 9.59 Å². The van der Waals surface area contributed by atoms with Crippen LogP contribution in [-0.2, 0) is 9.59 Å². The van der Waals surface area contributed by atoms with Crippen LogP contribution >= 0.6 is 11.6 Å². The van der Waals surface area contributed by atoms with Crippen LogP contribution in [0.3, 0.4) is 0 Å². The fourth-order valence-electron chi connectivity index (χ4n) is 1.31. The van der Waals surface area contributed by atoms with Crippen molar-refractivity contribution in [2.75, 3.05) is 11.9 Å². The van der Waals surface area contributed by atoms with Gasteiger partial charge in [0, 0.05) is 10.7 Å². The molecule has 4 N–H and O–H groups in total. The third kappa shape index (κ3) is 4.54. The minimum Gasteiger partial charge on any atom is -0.368 e. The first-order chi connectivity index (χ1) is 8.72. The number of rotatable bonds is 5. The molecule has 0 spiro atoms. The van der Waals surface area contributed by atoms with Crippen LogP contribution in [0.15, 0.2) is 18.2 Å². The second-order valence-electron chi connectivity index (χ2n) is 4.85. The average molecular weight is 284 g/mol. The highest BCUT2D eigenvalue weighted by Crippen LogP contribution is 2.19. The first-order valence-electron chi connectivity index (χ1n) is 5.83. The number of nitrogens with two attached hydrogens (primary N) is 1. The Balaban J connectivity index is 2.61. The van der Waals surface area contributed by atoms with Gasteiger partial charge in [-0.15, -0.1) is 0 Å². The number of anilines is 1. The van der Waals surface area contributed by atoms with Crippen molar-refractivity contribution in [3.8, 4) is 0 Å². The second kappa shape index (κ2) is 6.04. The topological polar surface area (TPSA) is 84.2 Å². The molecule has 0 saturated heterocycles. The number of halogens is 1. The van der Waals surface area contributed by atoms with Crippen molar-refractivity contribution >= 4 is 29.1 Å². The largest absolute Gasteiger partial charge is 0.368 e. The zero-order valence-corrected chi connectivity index (χ0v) is 12.0. The SMILES string of the molecule is Cc1ccc(Cl)cc1NC(=O)CNC(C)(C)C(N)=O. The van der Waals surface area contributed by atoms with Crippen LogP contribution < -0.4 is 16.4 Å². The molecule has 19 heavy (non-hydrogen) atoms. The van der Waals surface area contributed by atoms with Crippen LogP contribution in [0.25, 0.3) is 0 Å². The molecule has 0 unspecified atom stereocenters. The number of amides is 2. The third-order valence-electron chi connectivity index (χ3n) is 2.78. The zero-order chi connectivity index (χ0) is 14.6. The molecule has 2 amide bonds. The number of nitrogens with one attached hydrogen (secondary N) is 2. The molecule has 104 valence electrons. The summed E-state index contributed by atoms with van der Waals surface area (Å²) in [5.74, 6) is -0.779. The van der Waals surface area contributed by atoms with E-state index in [1.807, 2.05) is 13.0 Å². The molecule has 5 nitrogen and oxygen atoms in total. The Kier molecular flexibility index (Phi) is 4.91. The molecular formula is C13H18ClN3O2. The number of hydrogen-bond donors (Lipinski definition) is 3. The van der Waals surface area contributed by atoms with Crippen molar-refractivity contribution in [1.29, 1.82) is 0 Å². The normalized spacial score (nSPS) is 11.2. The van der Waals surface area contributed by atoms with E-state index >= 15 is 0 Å². The van der Waals surface area contributed by atoms with Crippen LogP contribution in [0.2, 0.25) is 5.02 Å². The summed E-state index contributed by atoms with van der Waals surface area (Å²) in [7, 11) is 0. The Hall–Kier alpha value is -1.59. The summed E-state index contributed by atoms with van der Waals surface area (Å²) in [6.07, 6.45) is 0. The summed E-state index contributed by atoms with van der Waals surface area (Å²) >= 11 is 5.86. The van der Waals surface area contributed by atoms with E-state index in [1.54, 1.807) is 26.0 Å². The summed E-state index contributed by atoms with van der Waals surface area (Å²) in [5.41, 5.74) is 5.83. The van der Waals surface area contributed by atoms with Crippen LogP contribution in [0.5, 0.6) is 0 Å². The third-order valence-corrected chi connectivity index (χ3v) is 3.02. The van der Waals surface area contributed by atoms with Gasteiger partial charge in [-0.05, 0) is 38.5 Å². The molecular weight excluding hydrogens is 266 g/mol. The van der Waals surface area contributed by atoms with Crippen molar-refractivity contribution < 1.29 is 9.59 Å². The Labute approximate surface area is 117 Å². The Morgan fingerprint density at radius 3 is 2.58 bits per heavy atom. The molecule has 0 aromatic heterocycles. The molecule has 1 rings (SSSR count). The molecule has 0 aliphatic carbocycles. The van der Waals surface area contributed by atoms with Gasteiger partial charge in [-0.3, -0.25) is 14.9 Å². The molecule has 0 heterocycles. The zero-order valence-electron chi connectivity index (χ0n) is 11.2. The summed E-state index contributed by atoms with van der Waals surface area (Å²) in [5, 5.41) is 6.07. The predicted octanol–water partition coefficient (Wildman–Crippen LogP) is 1.44. The van der Waals surface area contributed by atoms with E-state index in [-0.39, 0.29) is 12.5 Å². The number of carbonyl (C=O) groups excluding carboxylic acids is 2. The van der Waals surface area contributed by atoms with Gasteiger partial charge in [0.2, 0.25) is 11.8 Å². The van der Waals surface area contributed by atoms with E-state index in [0.29, 0.717) is 10.7 Å². The number of benzene rings is 1. The lowest BCUT2D eigenvalue weighted by Gasteiger charge is -2.22. The van der Waals surface area contributed by atoms with Crippen LogP contribution in [-0.4, -0.2) is 23.9 Å². The van der Waals surface area contributed by atoms with Gasteiger partial charge in [0.15, 0.2) is 0 Å². The summed E-state index contributed by atoms with van der Waals surface area (Å²) < 4.78 is 0. The summed E-state index contributed by atoms with van der Waals surface area (Å²) in [6, 6.07) is 5.24. The van der Waals surface area contributed by atoms with E-state index in [4.69, 9.17) is 17.3 Å². The maximum atomic E-state index is 11.8. The quantitative estimate of drug-likeness (QED) is 0.764. The van der Waals surface area contributed by atoms with Gasteiger partial charge in [0.25, 0.3) is 0 Å². The highest BCUT2D eigenvalue weighted by molar-refractivity contribution is 6.31. The maximum Gasteiger partial charge on any atom is 0.238 e. The lowest BCUT2D eigenvalue weighted by Crippen LogP contribution is -2.52. The number of hydrogen-bond acceptors (Lipinski definition) is 3. The van der Waals surface area contributed by atoms with Crippen molar-refractivity contribution in [2.24, 2.45) is 5.73 Å². The molecule has 0 atom stereocenters. The maximum absolute atomic E-state index is 11.8. The average Bonchev–Trinajstić information content (AvgIpc) is 2.31. The van der Waals surface area contributed by atoms with Crippen molar-refractivity contribution in [1.82, 2.24) is 5.32 Å². The van der Waals surface area contributed by atoms with Gasteiger partial charge in [0.05, 0.1) is 12.1 Å². The van der Waals surface area contributed by atoms with Gasteiger partial charge < -0.3 is 11.1 Å². The van der Waals surface area contributed by atoms with Crippen LogP contribution in [0.1, 0.15) is 19.4 Å². The molecule has 1 aromatic rings. The second-order valence-corrected chi connectivity index (χ2v) is 5.29. The van der Waals surface area contributed by atoms with Crippen molar-refractivity contribution in [3.63, 3.8) is 0 Å². The molecule has 0 aliphatic heterocycles. The Morgan fingerprint density at radius 1 is 1.37 bits per heavy atom. The molecule has 0 saturated carbocycles. The highest BCUT2D eigenvalue weighted by atomic mass is 35.5. The van der Waals surface area contributed by atoms with E-state index in [2.05, 4.69) is 10.6 Å². The summed E-state index contributed by atoms with van der Waals surface area (Å²) in [4.78, 5) is 22.9. The lowest BCUT2D eigenvalue weighted by atomic mass is 10.1. The minimum atomic E-state index is -0.930. The number of aryl methyl sites for hydroxylation is 1. The molecule has 6 heteroatoms. The molecule has 0 fully saturated rings. The standard InChI is InChI=1S/C13H18ClN3O2/c1-8-4-5-9(14)6-10(8)17-11(18)7-16-13(2,3)12(15)19/h4-6,16H,7H2,1-3H3,(H2,15,19)(H,17,18). The van der Waals surface area contributed by atoms with Gasteiger partial charge in [-0.2, -0.15) is 0 Å². The predicted molar refractivity (Wildman–Crippen MR) is 76.1 cm³/mol. The smallest absolute Gasteiger partial charge is 0.238 e. The van der Waals surface area contributed by atoms with Crippen molar-refractivity contribution in [2.45, 2.75) is 26.3 Å². The van der Waals surface area contributed by atoms with Gasteiger partial charge in [0.1, 0.15) is 0 Å². The molecule has 0 bridgehead atoms. The van der Waals surface area contributed by atoms with E-state index in [1.165, 1.54) is 0 Å². The monoisotopic (exact) mass is 283 g/mol. The van der Waals surface area contributed by atoms with Gasteiger partial charge in [-0.25, -0.2) is 0 Å². The fourth-order valence-corrected chi connectivity index (χ4v) is 1.48. The molecule has 0 radical (unpaired) electrons. The van der Waals surface area contributed by atoms with Gasteiger partial charge >= 0.3 is 0 Å². The van der Waals surface area contributed by atoms with Crippen LogP contribution in [0.4, 0.5) is 5.69 Å². The number of carbonyl (C=O) groups is 2. The fraction of sp³-hybridized carbons (Fsp3) is 0.385. The van der Waals surface area contributed by atoms with Gasteiger partial charge in [-0.1, -0.05) is 17.7 Å². The highest BCUT2D eigenvalue weighted by Gasteiger charge is 2.24. The first kappa shape index (κ1) is 15.5. The number of primary amides is 1. The van der Waals surface area contributed by atoms with E-state index < -0.39 is 11.4 Å².